The van der Waals surface area contributed by atoms with Crippen LogP contribution in [0.2, 0.25) is 0 Å². The van der Waals surface area contributed by atoms with Gasteiger partial charge in [-0.15, -0.1) is 0 Å². The quantitative estimate of drug-likeness (QED) is 0.847. The monoisotopic (exact) mass is 322 g/mol. The Kier molecular flexibility index (Phi) is 4.04. The Morgan fingerprint density at radius 1 is 1.05 bits per heavy atom. The molecule has 1 aliphatic heterocycles. The van der Waals surface area contributed by atoms with Gasteiger partial charge in [-0.2, -0.15) is 4.31 Å². The first kappa shape index (κ1) is 14.9. The van der Waals surface area contributed by atoms with Crippen LogP contribution in [0.4, 0.5) is 10.2 Å². The fourth-order valence-corrected chi connectivity index (χ4v) is 3.86. The van der Waals surface area contributed by atoms with E-state index in [0.29, 0.717) is 26.2 Å². The maximum atomic E-state index is 13.7. The van der Waals surface area contributed by atoms with E-state index in [0.717, 1.165) is 6.20 Å². The van der Waals surface area contributed by atoms with E-state index in [1.165, 1.54) is 10.6 Å². The van der Waals surface area contributed by atoms with Crippen LogP contribution in [-0.4, -0.2) is 48.9 Å². The predicted octanol–water partition coefficient (Wildman–Crippen LogP) is 1.13. The van der Waals surface area contributed by atoms with Gasteiger partial charge in [0.15, 0.2) is 11.6 Å². The number of aromatic nitrogens is 2. The van der Waals surface area contributed by atoms with E-state index in [9.17, 15) is 12.8 Å². The van der Waals surface area contributed by atoms with E-state index in [1.54, 1.807) is 35.2 Å². The summed E-state index contributed by atoms with van der Waals surface area (Å²) in [6, 6.07) is 8.31. The van der Waals surface area contributed by atoms with Crippen LogP contribution in [0.25, 0.3) is 0 Å². The van der Waals surface area contributed by atoms with Gasteiger partial charge in [-0.3, -0.25) is 0 Å². The lowest BCUT2D eigenvalue weighted by molar-refractivity contribution is 0.381. The van der Waals surface area contributed by atoms with Crippen molar-refractivity contribution in [2.75, 3.05) is 31.1 Å². The summed E-state index contributed by atoms with van der Waals surface area (Å²) in [4.78, 5) is 9.54. The largest absolute Gasteiger partial charge is 0.351 e. The van der Waals surface area contributed by atoms with Crippen LogP contribution in [0.15, 0.2) is 47.8 Å². The van der Waals surface area contributed by atoms with Crippen molar-refractivity contribution in [1.29, 1.82) is 0 Å². The maximum absolute atomic E-state index is 13.7. The van der Waals surface area contributed by atoms with Gasteiger partial charge < -0.3 is 4.90 Å². The maximum Gasteiger partial charge on any atom is 0.243 e. The average molecular weight is 322 g/mol. The highest BCUT2D eigenvalue weighted by Crippen LogP contribution is 2.20. The Morgan fingerprint density at radius 3 is 2.36 bits per heavy atom. The lowest BCUT2D eigenvalue weighted by atomic mass is 10.3. The summed E-state index contributed by atoms with van der Waals surface area (Å²) >= 11 is 0. The molecule has 2 heterocycles. The highest BCUT2D eigenvalue weighted by atomic mass is 32.2. The smallest absolute Gasteiger partial charge is 0.243 e. The molecule has 1 aromatic carbocycles. The zero-order valence-corrected chi connectivity index (χ0v) is 12.6. The lowest BCUT2D eigenvalue weighted by Crippen LogP contribution is -2.49. The standard InChI is InChI=1S/C14H15FN4O2S/c15-13-10-16-11-17-14(13)18-6-8-19(9-7-18)22(20,21)12-4-2-1-3-5-12/h1-5,10-11H,6-9H2. The minimum absolute atomic E-state index is 0.215. The number of piperazine rings is 1. The molecule has 0 spiro atoms. The summed E-state index contributed by atoms with van der Waals surface area (Å²) in [7, 11) is -3.50. The number of sulfonamides is 1. The molecule has 0 atom stereocenters. The molecule has 2 aromatic rings. The summed E-state index contributed by atoms with van der Waals surface area (Å²) in [6.45, 7) is 1.36. The van der Waals surface area contributed by atoms with Gasteiger partial charge in [-0.05, 0) is 12.1 Å². The molecule has 0 unspecified atom stereocenters. The van der Waals surface area contributed by atoms with Crippen molar-refractivity contribution in [2.45, 2.75) is 4.90 Å². The molecule has 116 valence electrons. The second-order valence-electron chi connectivity index (χ2n) is 4.90. The number of nitrogens with zero attached hydrogens (tertiary/aromatic N) is 4. The lowest BCUT2D eigenvalue weighted by Gasteiger charge is -2.34. The van der Waals surface area contributed by atoms with E-state index in [4.69, 9.17) is 0 Å². The van der Waals surface area contributed by atoms with E-state index >= 15 is 0 Å². The molecule has 0 aliphatic carbocycles. The van der Waals surface area contributed by atoms with E-state index in [1.807, 2.05) is 0 Å². The predicted molar refractivity (Wildman–Crippen MR) is 79.4 cm³/mol. The number of benzene rings is 1. The van der Waals surface area contributed by atoms with Crippen LogP contribution >= 0.6 is 0 Å². The minimum Gasteiger partial charge on any atom is -0.351 e. The minimum atomic E-state index is -3.50. The molecule has 0 N–H and O–H groups in total. The second-order valence-corrected chi connectivity index (χ2v) is 6.84. The summed E-state index contributed by atoms with van der Waals surface area (Å²) in [6.07, 6.45) is 2.39. The first-order chi connectivity index (χ1) is 10.6. The molecule has 22 heavy (non-hydrogen) atoms. The molecule has 1 aromatic heterocycles. The third-order valence-corrected chi connectivity index (χ3v) is 5.48. The zero-order chi connectivity index (χ0) is 15.6. The Balaban J connectivity index is 1.74. The van der Waals surface area contributed by atoms with Crippen LogP contribution in [0.3, 0.4) is 0 Å². The second kappa shape index (κ2) is 5.98. The van der Waals surface area contributed by atoms with E-state index in [-0.39, 0.29) is 10.7 Å². The van der Waals surface area contributed by atoms with Crippen molar-refractivity contribution in [3.05, 3.63) is 48.7 Å². The number of hydrogen-bond donors (Lipinski definition) is 0. The molecule has 3 rings (SSSR count). The number of anilines is 1. The first-order valence-electron chi connectivity index (χ1n) is 6.85. The van der Waals surface area contributed by atoms with Crippen molar-refractivity contribution in [1.82, 2.24) is 14.3 Å². The summed E-state index contributed by atoms with van der Waals surface area (Å²) in [5, 5.41) is 0. The molecular weight excluding hydrogens is 307 g/mol. The van der Waals surface area contributed by atoms with Gasteiger partial charge in [0.1, 0.15) is 6.33 Å². The van der Waals surface area contributed by atoms with Gasteiger partial charge in [0, 0.05) is 26.2 Å². The number of halogens is 1. The summed E-state index contributed by atoms with van der Waals surface area (Å²) in [5.74, 6) is -0.284. The zero-order valence-electron chi connectivity index (χ0n) is 11.8. The van der Waals surface area contributed by atoms with Crippen molar-refractivity contribution in [3.8, 4) is 0 Å². The van der Waals surface area contributed by atoms with Gasteiger partial charge in [-0.25, -0.2) is 22.8 Å². The van der Waals surface area contributed by atoms with Crippen LogP contribution < -0.4 is 4.90 Å². The molecule has 0 saturated carbocycles. The molecule has 1 fully saturated rings. The first-order valence-corrected chi connectivity index (χ1v) is 8.29. The average Bonchev–Trinajstić information content (AvgIpc) is 2.56. The van der Waals surface area contributed by atoms with E-state index in [2.05, 4.69) is 9.97 Å². The molecule has 0 radical (unpaired) electrons. The van der Waals surface area contributed by atoms with Crippen molar-refractivity contribution < 1.29 is 12.8 Å². The third-order valence-electron chi connectivity index (χ3n) is 3.57. The van der Waals surface area contributed by atoms with Gasteiger partial charge in [0.25, 0.3) is 0 Å². The highest BCUT2D eigenvalue weighted by molar-refractivity contribution is 7.89. The van der Waals surface area contributed by atoms with Crippen LogP contribution in [0.1, 0.15) is 0 Å². The van der Waals surface area contributed by atoms with Crippen LogP contribution in [0, 0.1) is 5.82 Å². The fourth-order valence-electron chi connectivity index (χ4n) is 2.42. The Bertz CT molecular complexity index is 746. The Labute approximate surface area is 128 Å². The summed E-state index contributed by atoms with van der Waals surface area (Å²) < 4.78 is 40.1. The van der Waals surface area contributed by atoms with Gasteiger partial charge in [0.05, 0.1) is 11.1 Å². The highest BCUT2D eigenvalue weighted by Gasteiger charge is 2.29. The molecular formula is C14H15FN4O2S. The Hall–Kier alpha value is -2.06. The molecule has 8 heteroatoms. The molecule has 0 bridgehead atoms. The fraction of sp³-hybridized carbons (Fsp3) is 0.286. The number of hydrogen-bond acceptors (Lipinski definition) is 5. The van der Waals surface area contributed by atoms with Crippen molar-refractivity contribution in [2.24, 2.45) is 0 Å². The van der Waals surface area contributed by atoms with E-state index < -0.39 is 15.8 Å². The van der Waals surface area contributed by atoms with Gasteiger partial charge >= 0.3 is 0 Å². The number of rotatable bonds is 3. The molecule has 0 amide bonds. The Morgan fingerprint density at radius 2 is 1.73 bits per heavy atom. The SMILES string of the molecule is O=S(=O)(c1ccccc1)N1CCN(c2ncncc2F)CC1. The van der Waals surface area contributed by atoms with Crippen molar-refractivity contribution in [3.63, 3.8) is 0 Å². The van der Waals surface area contributed by atoms with Gasteiger partial charge in [0.2, 0.25) is 10.0 Å². The van der Waals surface area contributed by atoms with Crippen LogP contribution in [0.5, 0.6) is 0 Å². The topological polar surface area (TPSA) is 66.4 Å². The van der Waals surface area contributed by atoms with Gasteiger partial charge in [-0.1, -0.05) is 18.2 Å². The molecule has 1 aliphatic rings. The van der Waals surface area contributed by atoms with Crippen molar-refractivity contribution >= 4 is 15.8 Å². The summed E-state index contributed by atoms with van der Waals surface area (Å²) in [5.41, 5.74) is 0. The molecule has 1 saturated heterocycles. The van der Waals surface area contributed by atoms with Crippen LogP contribution in [-0.2, 0) is 10.0 Å². The molecule has 6 nitrogen and oxygen atoms in total. The third kappa shape index (κ3) is 2.79. The normalized spacial score (nSPS) is 16.7.